The Balaban J connectivity index is 0.000000785. The summed E-state index contributed by atoms with van der Waals surface area (Å²) < 4.78 is 22.4. The number of ether oxygens (including phenoxy) is 2. The Hall–Kier alpha value is -1.60. The van der Waals surface area contributed by atoms with Crippen LogP contribution in [0.25, 0.3) is 10.6 Å². The van der Waals surface area contributed by atoms with Gasteiger partial charge in [0.15, 0.2) is 0 Å². The van der Waals surface area contributed by atoms with Crippen LogP contribution in [0, 0.1) is 11.3 Å². The molecule has 0 bridgehead atoms. The molecule has 172 valence electrons. The number of carbonyl (C=O) groups excluding carboxylic acids is 1. The molecule has 1 N–H and O–H groups in total. The zero-order valence-electron chi connectivity index (χ0n) is 18.5. The first-order valence-electron chi connectivity index (χ1n) is 10.1. The van der Waals surface area contributed by atoms with Crippen molar-refractivity contribution in [2.45, 2.75) is 45.9 Å². The summed E-state index contributed by atoms with van der Waals surface area (Å²) in [5.74, 6) is 0.952. The second kappa shape index (κ2) is 11.9. The fourth-order valence-corrected chi connectivity index (χ4v) is 4.64. The molecule has 0 radical (unpaired) electrons. The number of thiazole rings is 1. The number of aliphatic hydroxyl groups excluding tert-OH is 1. The molecule has 0 amide bonds. The molecule has 1 aromatic heterocycles. The minimum absolute atomic E-state index is 0.176. The standard InChI is InChI=1S/C20H28FN2O2PS.C2H4O2/c1-20(2,3)13-8-14(24)11-23(10-13)12-15-9-22-18(27-15)16-6-4-5-7-17(16)25-19(21)26;1-4-2-3/h4-7,9,13-14,19,24H,8,10-12,26H2,1-3H3;2H,1H3. The lowest BCUT2D eigenvalue weighted by Crippen LogP contribution is -2.46. The number of hydrogen-bond acceptors (Lipinski definition) is 7. The number of likely N-dealkylation sites (tertiary alicyclic amines) is 1. The fourth-order valence-electron chi connectivity index (χ4n) is 3.51. The maximum atomic E-state index is 13.3. The van der Waals surface area contributed by atoms with Gasteiger partial charge in [0.2, 0.25) is 6.10 Å². The fraction of sp³-hybridized carbons (Fsp3) is 0.545. The van der Waals surface area contributed by atoms with Crippen molar-refractivity contribution >= 4 is 27.0 Å². The number of benzene rings is 1. The average Bonchev–Trinajstić information content (AvgIpc) is 3.15. The third-order valence-corrected chi connectivity index (χ3v) is 6.27. The highest BCUT2D eigenvalue weighted by Gasteiger charge is 2.33. The van der Waals surface area contributed by atoms with Gasteiger partial charge in [-0.2, -0.15) is 4.39 Å². The van der Waals surface area contributed by atoms with Gasteiger partial charge in [-0.05, 0) is 29.9 Å². The summed E-state index contributed by atoms with van der Waals surface area (Å²) >= 11 is 1.59. The molecule has 0 saturated carbocycles. The molecule has 2 heterocycles. The van der Waals surface area contributed by atoms with E-state index >= 15 is 0 Å². The topological polar surface area (TPSA) is 71.9 Å². The van der Waals surface area contributed by atoms with Gasteiger partial charge in [-0.25, -0.2) is 4.98 Å². The Morgan fingerprint density at radius 1 is 1.39 bits per heavy atom. The van der Waals surface area contributed by atoms with Crippen LogP contribution in [0.5, 0.6) is 5.75 Å². The van der Waals surface area contributed by atoms with Crippen LogP contribution < -0.4 is 4.74 Å². The molecule has 0 aliphatic carbocycles. The van der Waals surface area contributed by atoms with Crippen LogP contribution in [0.3, 0.4) is 0 Å². The normalized spacial score (nSPS) is 20.4. The molecule has 2 aromatic rings. The minimum Gasteiger partial charge on any atom is -0.471 e. The summed E-state index contributed by atoms with van der Waals surface area (Å²) in [7, 11) is 3.31. The molecule has 1 aromatic carbocycles. The lowest BCUT2D eigenvalue weighted by molar-refractivity contribution is -0.126. The van der Waals surface area contributed by atoms with Crippen molar-refractivity contribution in [2.75, 3.05) is 20.2 Å². The minimum atomic E-state index is -1.45. The molecule has 1 saturated heterocycles. The molecule has 31 heavy (non-hydrogen) atoms. The van der Waals surface area contributed by atoms with Gasteiger partial charge >= 0.3 is 0 Å². The number of halogens is 1. The van der Waals surface area contributed by atoms with Crippen LogP contribution in [0.2, 0.25) is 0 Å². The maximum absolute atomic E-state index is 13.3. The van der Waals surface area contributed by atoms with Gasteiger partial charge in [0.05, 0.1) is 18.8 Å². The van der Waals surface area contributed by atoms with E-state index in [-0.39, 0.29) is 11.5 Å². The zero-order chi connectivity index (χ0) is 23.0. The second-order valence-electron chi connectivity index (χ2n) is 8.58. The summed E-state index contributed by atoms with van der Waals surface area (Å²) in [6.45, 7) is 9.51. The summed E-state index contributed by atoms with van der Waals surface area (Å²) in [5.41, 5.74) is 0.973. The van der Waals surface area contributed by atoms with E-state index in [1.807, 2.05) is 33.6 Å². The first kappa shape index (κ1) is 25.7. The van der Waals surface area contributed by atoms with Crippen molar-refractivity contribution in [3.8, 4) is 16.3 Å². The third-order valence-electron chi connectivity index (χ3n) is 5.12. The summed E-state index contributed by atoms with van der Waals surface area (Å²) in [6, 6.07) is 7.36. The molecule has 4 unspecified atom stereocenters. The molecule has 4 atom stereocenters. The molecular weight excluding hydrogens is 438 g/mol. The Bertz CT molecular complexity index is 828. The number of methoxy groups -OCH3 is 1. The van der Waals surface area contributed by atoms with Gasteiger partial charge < -0.3 is 14.6 Å². The molecular formula is C22H32FN2O4PS. The number of rotatable bonds is 6. The molecule has 0 spiro atoms. The number of aliphatic hydroxyl groups is 1. The molecule has 3 rings (SSSR count). The first-order valence-corrected chi connectivity index (χ1v) is 11.6. The third kappa shape index (κ3) is 8.11. The van der Waals surface area contributed by atoms with Gasteiger partial charge in [-0.1, -0.05) is 42.1 Å². The SMILES string of the molecule is CC(C)(C)C1CC(O)CN(Cc2cnc(-c3ccccc3OC(F)P)s2)C1.COC=O. The Morgan fingerprint density at radius 3 is 2.68 bits per heavy atom. The van der Waals surface area contributed by atoms with E-state index in [0.29, 0.717) is 24.7 Å². The summed E-state index contributed by atoms with van der Waals surface area (Å²) in [5, 5.41) is 11.1. The second-order valence-corrected chi connectivity index (χ2v) is 10.2. The average molecular weight is 471 g/mol. The monoisotopic (exact) mass is 470 g/mol. The van der Waals surface area contributed by atoms with Crippen LogP contribution in [-0.4, -0.2) is 53.9 Å². The quantitative estimate of drug-likeness (QED) is 0.500. The van der Waals surface area contributed by atoms with Crippen molar-refractivity contribution in [3.63, 3.8) is 0 Å². The van der Waals surface area contributed by atoms with E-state index in [9.17, 15) is 9.50 Å². The highest BCUT2D eigenvalue weighted by Crippen LogP contribution is 2.36. The highest BCUT2D eigenvalue weighted by molar-refractivity contribution is 7.17. The van der Waals surface area contributed by atoms with Crippen LogP contribution >= 0.6 is 20.6 Å². The molecule has 1 fully saturated rings. The lowest BCUT2D eigenvalue weighted by Gasteiger charge is -2.41. The Kier molecular flexibility index (Phi) is 9.82. The van der Waals surface area contributed by atoms with Crippen LogP contribution in [-0.2, 0) is 16.1 Å². The number of nitrogens with zero attached hydrogens (tertiary/aromatic N) is 2. The summed E-state index contributed by atoms with van der Waals surface area (Å²) in [4.78, 5) is 16.9. The van der Waals surface area contributed by atoms with Crippen LogP contribution in [0.15, 0.2) is 30.5 Å². The van der Waals surface area contributed by atoms with Crippen LogP contribution in [0.1, 0.15) is 32.1 Å². The predicted octanol–water partition coefficient (Wildman–Crippen LogP) is 4.34. The number of hydrogen-bond donors (Lipinski definition) is 1. The molecule has 1 aliphatic heterocycles. The number of aromatic nitrogens is 1. The van der Waals surface area contributed by atoms with Crippen molar-refractivity contribution in [2.24, 2.45) is 11.3 Å². The Labute approximate surface area is 190 Å². The number of piperidine rings is 1. The predicted molar refractivity (Wildman–Crippen MR) is 125 cm³/mol. The largest absolute Gasteiger partial charge is 0.471 e. The van der Waals surface area contributed by atoms with Crippen molar-refractivity contribution < 1.29 is 23.8 Å². The molecule has 6 nitrogen and oxygen atoms in total. The number of alkyl halides is 1. The van der Waals surface area contributed by atoms with E-state index in [1.54, 1.807) is 17.4 Å². The number of β-amino-alcohol motifs (C(OH)–C–C–N with tert-alkyl or cyclic N) is 1. The van der Waals surface area contributed by atoms with Gasteiger partial charge in [0.1, 0.15) is 10.8 Å². The van der Waals surface area contributed by atoms with Crippen molar-refractivity contribution in [1.29, 1.82) is 0 Å². The van der Waals surface area contributed by atoms with Crippen molar-refractivity contribution in [1.82, 2.24) is 9.88 Å². The van der Waals surface area contributed by atoms with Gasteiger partial charge in [-0.3, -0.25) is 9.69 Å². The lowest BCUT2D eigenvalue weighted by atomic mass is 9.75. The van der Waals surface area contributed by atoms with E-state index in [1.165, 1.54) is 7.11 Å². The smallest absolute Gasteiger partial charge is 0.292 e. The van der Waals surface area contributed by atoms with E-state index < -0.39 is 6.10 Å². The Morgan fingerprint density at radius 2 is 2.06 bits per heavy atom. The first-order chi connectivity index (χ1) is 14.6. The molecule has 1 aliphatic rings. The maximum Gasteiger partial charge on any atom is 0.292 e. The van der Waals surface area contributed by atoms with E-state index in [2.05, 4.69) is 35.4 Å². The van der Waals surface area contributed by atoms with Gasteiger partial charge in [0.25, 0.3) is 6.47 Å². The highest BCUT2D eigenvalue weighted by atomic mass is 32.1. The van der Waals surface area contributed by atoms with E-state index in [0.717, 1.165) is 35.0 Å². The van der Waals surface area contributed by atoms with Gasteiger partial charge in [-0.15, -0.1) is 11.3 Å². The molecule has 9 heteroatoms. The zero-order valence-corrected chi connectivity index (χ0v) is 20.4. The van der Waals surface area contributed by atoms with Crippen molar-refractivity contribution in [3.05, 3.63) is 35.3 Å². The van der Waals surface area contributed by atoms with E-state index in [4.69, 9.17) is 9.53 Å². The number of carbonyl (C=O) groups is 1. The summed E-state index contributed by atoms with van der Waals surface area (Å²) in [6.07, 6.45) is 0.998. The van der Waals surface area contributed by atoms with Gasteiger partial charge in [0, 0.05) is 30.7 Å². The van der Waals surface area contributed by atoms with Crippen LogP contribution in [0.4, 0.5) is 4.39 Å². The number of para-hydroxylation sites is 1.